The van der Waals surface area contributed by atoms with Crippen molar-refractivity contribution in [3.8, 4) is 11.9 Å². The van der Waals surface area contributed by atoms with Gasteiger partial charge in [0.2, 0.25) is 5.82 Å². The van der Waals surface area contributed by atoms with Crippen LogP contribution >= 0.6 is 0 Å². The number of hydrogen-bond donors (Lipinski definition) is 0. The van der Waals surface area contributed by atoms with E-state index in [1.165, 1.54) is 13.4 Å². The van der Waals surface area contributed by atoms with Gasteiger partial charge >= 0.3 is 5.69 Å². The molecule has 8 heteroatoms. The molecule has 1 fully saturated rings. The van der Waals surface area contributed by atoms with Gasteiger partial charge in [0, 0.05) is 12.6 Å². The average Bonchev–Trinajstić information content (AvgIpc) is 3.23. The molecule has 100 valence electrons. The van der Waals surface area contributed by atoms with Crippen LogP contribution in [0.3, 0.4) is 0 Å². The van der Waals surface area contributed by atoms with Gasteiger partial charge in [-0.25, -0.2) is 4.98 Å². The molecule has 19 heavy (non-hydrogen) atoms. The standard InChI is InChI=1S/C11H13N5O3/c1-19-11-9(16(17)18)10(13-7-14-11)15(6-2-5-12)8-3-4-8/h7-8H,2-4,6H2,1H3. The maximum atomic E-state index is 11.2. The molecule has 0 saturated heterocycles. The Morgan fingerprint density at radius 3 is 2.89 bits per heavy atom. The van der Waals surface area contributed by atoms with Crippen molar-refractivity contribution in [1.82, 2.24) is 9.97 Å². The van der Waals surface area contributed by atoms with E-state index in [1.807, 2.05) is 6.07 Å². The molecule has 0 atom stereocenters. The number of nitriles is 1. The molecule has 1 aliphatic rings. The summed E-state index contributed by atoms with van der Waals surface area (Å²) in [6, 6.07) is 2.26. The van der Waals surface area contributed by atoms with Gasteiger partial charge in [0.15, 0.2) is 0 Å². The Kier molecular flexibility index (Phi) is 3.75. The first-order valence-corrected chi connectivity index (χ1v) is 5.86. The quantitative estimate of drug-likeness (QED) is 0.562. The summed E-state index contributed by atoms with van der Waals surface area (Å²) in [6.07, 6.45) is 3.44. The fourth-order valence-electron chi connectivity index (χ4n) is 1.89. The van der Waals surface area contributed by atoms with Gasteiger partial charge in [-0.2, -0.15) is 10.2 Å². The van der Waals surface area contributed by atoms with E-state index in [0.29, 0.717) is 13.0 Å². The zero-order chi connectivity index (χ0) is 13.8. The summed E-state index contributed by atoms with van der Waals surface area (Å²) in [5, 5.41) is 19.9. The van der Waals surface area contributed by atoms with E-state index in [9.17, 15) is 10.1 Å². The number of anilines is 1. The molecular formula is C11H13N5O3. The lowest BCUT2D eigenvalue weighted by molar-refractivity contribution is -0.385. The van der Waals surface area contributed by atoms with Crippen LogP contribution in [0.5, 0.6) is 5.88 Å². The number of rotatable bonds is 6. The SMILES string of the molecule is COc1ncnc(N(CCC#N)C2CC2)c1[N+](=O)[O-]. The zero-order valence-corrected chi connectivity index (χ0v) is 10.4. The molecule has 0 unspecified atom stereocenters. The van der Waals surface area contributed by atoms with Crippen molar-refractivity contribution in [2.24, 2.45) is 0 Å². The van der Waals surface area contributed by atoms with Crippen LogP contribution in [-0.2, 0) is 0 Å². The third-order valence-corrected chi connectivity index (χ3v) is 2.87. The summed E-state index contributed by atoms with van der Waals surface area (Å²) in [4.78, 5) is 20.2. The van der Waals surface area contributed by atoms with E-state index < -0.39 is 4.92 Å². The normalized spacial score (nSPS) is 13.7. The molecule has 2 rings (SSSR count). The molecule has 1 aromatic rings. The molecule has 0 spiro atoms. The highest BCUT2D eigenvalue weighted by molar-refractivity contribution is 5.63. The van der Waals surface area contributed by atoms with Gasteiger partial charge in [0.25, 0.3) is 5.88 Å². The molecule has 1 aromatic heterocycles. The number of methoxy groups -OCH3 is 1. The molecule has 1 saturated carbocycles. The highest BCUT2D eigenvalue weighted by Crippen LogP contribution is 2.38. The largest absolute Gasteiger partial charge is 0.476 e. The lowest BCUT2D eigenvalue weighted by atomic mass is 10.3. The number of nitro groups is 1. The fourth-order valence-corrected chi connectivity index (χ4v) is 1.89. The van der Waals surface area contributed by atoms with Gasteiger partial charge < -0.3 is 9.64 Å². The molecule has 1 heterocycles. The fraction of sp³-hybridized carbons (Fsp3) is 0.545. The third-order valence-electron chi connectivity index (χ3n) is 2.87. The van der Waals surface area contributed by atoms with E-state index in [0.717, 1.165) is 12.8 Å². The molecule has 0 amide bonds. The predicted molar refractivity (Wildman–Crippen MR) is 65.8 cm³/mol. The van der Waals surface area contributed by atoms with Crippen LogP contribution in [0.25, 0.3) is 0 Å². The summed E-state index contributed by atoms with van der Waals surface area (Å²) < 4.78 is 4.92. The zero-order valence-electron chi connectivity index (χ0n) is 10.4. The first-order chi connectivity index (χ1) is 9.19. The second-order valence-corrected chi connectivity index (χ2v) is 4.14. The second kappa shape index (κ2) is 5.48. The average molecular weight is 263 g/mol. The van der Waals surface area contributed by atoms with Crippen LogP contribution in [0.4, 0.5) is 11.5 Å². The minimum Gasteiger partial charge on any atom is -0.476 e. The molecule has 0 aliphatic heterocycles. The molecule has 0 bridgehead atoms. The Morgan fingerprint density at radius 1 is 1.63 bits per heavy atom. The summed E-state index contributed by atoms with van der Waals surface area (Å²) in [7, 11) is 1.33. The minimum absolute atomic E-state index is 0.0578. The molecule has 8 nitrogen and oxygen atoms in total. The second-order valence-electron chi connectivity index (χ2n) is 4.14. The molecular weight excluding hydrogens is 250 g/mol. The summed E-state index contributed by atoms with van der Waals surface area (Å²) in [5.41, 5.74) is -0.241. The van der Waals surface area contributed by atoms with Crippen molar-refractivity contribution in [3.05, 3.63) is 16.4 Å². The van der Waals surface area contributed by atoms with Gasteiger partial charge in [-0.05, 0) is 12.8 Å². The van der Waals surface area contributed by atoms with Crippen LogP contribution < -0.4 is 9.64 Å². The van der Waals surface area contributed by atoms with E-state index in [-0.39, 0.29) is 23.4 Å². The number of ether oxygens (including phenoxy) is 1. The van der Waals surface area contributed by atoms with Crippen LogP contribution in [-0.4, -0.2) is 34.6 Å². The van der Waals surface area contributed by atoms with E-state index in [1.54, 1.807) is 4.90 Å². The van der Waals surface area contributed by atoms with E-state index in [2.05, 4.69) is 9.97 Å². The van der Waals surface area contributed by atoms with Gasteiger partial charge in [0.05, 0.1) is 24.5 Å². The maximum absolute atomic E-state index is 11.2. The molecule has 0 N–H and O–H groups in total. The van der Waals surface area contributed by atoms with E-state index >= 15 is 0 Å². The number of nitrogens with zero attached hydrogens (tertiary/aromatic N) is 5. The van der Waals surface area contributed by atoms with Gasteiger partial charge in [-0.15, -0.1) is 0 Å². The molecule has 0 radical (unpaired) electrons. The lowest BCUT2D eigenvalue weighted by Crippen LogP contribution is -2.28. The van der Waals surface area contributed by atoms with Gasteiger partial charge in [-0.1, -0.05) is 0 Å². The highest BCUT2D eigenvalue weighted by Gasteiger charge is 2.36. The first-order valence-electron chi connectivity index (χ1n) is 5.86. The Hall–Kier alpha value is -2.43. The molecule has 0 aromatic carbocycles. The van der Waals surface area contributed by atoms with Crippen molar-refractivity contribution in [2.45, 2.75) is 25.3 Å². The summed E-state index contributed by atoms with van der Waals surface area (Å²) in [5.74, 6) is 0.173. The smallest absolute Gasteiger partial charge is 0.372 e. The minimum atomic E-state index is -0.546. The monoisotopic (exact) mass is 263 g/mol. The predicted octanol–water partition coefficient (Wildman–Crippen LogP) is 1.28. The Bertz CT molecular complexity index is 524. The Morgan fingerprint density at radius 2 is 2.37 bits per heavy atom. The topological polar surface area (TPSA) is 105 Å². The van der Waals surface area contributed by atoms with Crippen molar-refractivity contribution < 1.29 is 9.66 Å². The first kappa shape index (κ1) is 13.0. The van der Waals surface area contributed by atoms with Gasteiger partial charge in [0.1, 0.15) is 6.33 Å². The highest BCUT2D eigenvalue weighted by atomic mass is 16.6. The van der Waals surface area contributed by atoms with Crippen molar-refractivity contribution in [2.75, 3.05) is 18.6 Å². The van der Waals surface area contributed by atoms with Crippen LogP contribution in [0, 0.1) is 21.4 Å². The number of hydrogen-bond acceptors (Lipinski definition) is 7. The van der Waals surface area contributed by atoms with Gasteiger partial charge in [-0.3, -0.25) is 10.1 Å². The van der Waals surface area contributed by atoms with Crippen LogP contribution in [0.2, 0.25) is 0 Å². The summed E-state index contributed by atoms with van der Waals surface area (Å²) in [6.45, 7) is 0.419. The van der Waals surface area contributed by atoms with Crippen molar-refractivity contribution in [3.63, 3.8) is 0 Å². The van der Waals surface area contributed by atoms with Crippen molar-refractivity contribution in [1.29, 1.82) is 5.26 Å². The van der Waals surface area contributed by atoms with Crippen molar-refractivity contribution >= 4 is 11.5 Å². The van der Waals surface area contributed by atoms with Crippen LogP contribution in [0.15, 0.2) is 6.33 Å². The van der Waals surface area contributed by atoms with E-state index in [4.69, 9.17) is 10.00 Å². The maximum Gasteiger partial charge on any atom is 0.372 e. The lowest BCUT2D eigenvalue weighted by Gasteiger charge is -2.21. The number of aromatic nitrogens is 2. The third kappa shape index (κ3) is 2.70. The Labute approximate surface area is 109 Å². The Balaban J connectivity index is 2.41. The molecule has 1 aliphatic carbocycles. The summed E-state index contributed by atoms with van der Waals surface area (Å²) >= 11 is 0. The van der Waals surface area contributed by atoms with Crippen LogP contribution in [0.1, 0.15) is 19.3 Å².